The van der Waals surface area contributed by atoms with E-state index in [-0.39, 0.29) is 22.5 Å². The number of hydrogen-bond acceptors (Lipinski definition) is 3. The van der Waals surface area contributed by atoms with E-state index in [0.29, 0.717) is 0 Å². The third kappa shape index (κ3) is 4.44. The van der Waals surface area contributed by atoms with Gasteiger partial charge in [-0.2, -0.15) is 0 Å². The minimum Gasteiger partial charge on any atom is -0.449 e. The molecule has 0 bridgehead atoms. The summed E-state index contributed by atoms with van der Waals surface area (Å²) < 4.78 is 18.1. The summed E-state index contributed by atoms with van der Waals surface area (Å²) in [6, 6.07) is 3.54. The first-order valence-corrected chi connectivity index (χ1v) is 7.81. The van der Waals surface area contributed by atoms with Crippen molar-refractivity contribution >= 4 is 23.5 Å². The molecule has 120 valence electrons. The second kappa shape index (κ2) is 7.58. The smallest absolute Gasteiger partial charge is 0.340 e. The molecule has 1 N–H and O–H groups in total. The Morgan fingerprint density at radius 2 is 2.00 bits per heavy atom. The van der Waals surface area contributed by atoms with Crippen molar-refractivity contribution in [2.24, 2.45) is 0 Å². The number of benzene rings is 1. The van der Waals surface area contributed by atoms with Crippen molar-refractivity contribution in [1.82, 2.24) is 5.32 Å². The minimum absolute atomic E-state index is 0.0371. The highest BCUT2D eigenvalue weighted by Gasteiger charge is 2.23. The standard InChI is InChI=1S/C16H19ClFNO3/c1-10(15(20)19-12-5-3-2-4-6-12)22-16(21)13-8-7-11(18)9-14(13)17/h7-10,12H,2-6H2,1H3,(H,19,20)/t10-/m0/s1. The normalized spacial score (nSPS) is 16.9. The zero-order valence-electron chi connectivity index (χ0n) is 12.4. The van der Waals surface area contributed by atoms with Crippen LogP contribution in [0.25, 0.3) is 0 Å². The molecule has 6 heteroatoms. The van der Waals surface area contributed by atoms with E-state index in [1.807, 2.05) is 0 Å². The number of rotatable bonds is 4. The van der Waals surface area contributed by atoms with Crippen molar-refractivity contribution in [2.45, 2.75) is 51.2 Å². The van der Waals surface area contributed by atoms with Gasteiger partial charge in [0.25, 0.3) is 5.91 Å². The lowest BCUT2D eigenvalue weighted by molar-refractivity contribution is -0.130. The summed E-state index contributed by atoms with van der Waals surface area (Å²) in [4.78, 5) is 24.0. The number of carbonyl (C=O) groups is 2. The van der Waals surface area contributed by atoms with Crippen LogP contribution in [0.4, 0.5) is 4.39 Å². The van der Waals surface area contributed by atoms with Crippen molar-refractivity contribution in [3.05, 3.63) is 34.6 Å². The van der Waals surface area contributed by atoms with Gasteiger partial charge in [0.05, 0.1) is 10.6 Å². The Morgan fingerprint density at radius 3 is 2.64 bits per heavy atom. The molecule has 1 fully saturated rings. The van der Waals surface area contributed by atoms with Gasteiger partial charge >= 0.3 is 5.97 Å². The summed E-state index contributed by atoms with van der Waals surface area (Å²) in [5.74, 6) is -1.60. The molecule has 1 aromatic carbocycles. The zero-order chi connectivity index (χ0) is 16.1. The van der Waals surface area contributed by atoms with Gasteiger partial charge in [-0.1, -0.05) is 30.9 Å². The Labute approximate surface area is 134 Å². The number of esters is 1. The SMILES string of the molecule is C[C@H](OC(=O)c1ccc(F)cc1Cl)C(=O)NC1CCCCC1. The van der Waals surface area contributed by atoms with Crippen molar-refractivity contribution in [3.8, 4) is 0 Å². The van der Waals surface area contributed by atoms with Crippen LogP contribution in [0.3, 0.4) is 0 Å². The van der Waals surface area contributed by atoms with Crippen molar-refractivity contribution in [1.29, 1.82) is 0 Å². The average Bonchev–Trinajstić information content (AvgIpc) is 2.47. The average molecular weight is 328 g/mol. The number of halogens is 2. The van der Waals surface area contributed by atoms with Crippen molar-refractivity contribution in [2.75, 3.05) is 0 Å². The second-order valence-electron chi connectivity index (χ2n) is 5.52. The predicted octanol–water partition coefficient (Wildman–Crippen LogP) is 3.47. The molecule has 0 heterocycles. The summed E-state index contributed by atoms with van der Waals surface area (Å²) in [6.07, 6.45) is 4.39. The molecule has 22 heavy (non-hydrogen) atoms. The Morgan fingerprint density at radius 1 is 1.32 bits per heavy atom. The largest absolute Gasteiger partial charge is 0.449 e. The monoisotopic (exact) mass is 327 g/mol. The highest BCUT2D eigenvalue weighted by Crippen LogP contribution is 2.20. The Kier molecular flexibility index (Phi) is 5.77. The van der Waals surface area contributed by atoms with E-state index < -0.39 is 17.9 Å². The molecular formula is C16H19ClFNO3. The van der Waals surface area contributed by atoms with Crippen LogP contribution in [-0.2, 0) is 9.53 Å². The highest BCUT2D eigenvalue weighted by molar-refractivity contribution is 6.33. The van der Waals surface area contributed by atoms with Crippen LogP contribution < -0.4 is 5.32 Å². The van der Waals surface area contributed by atoms with Gasteiger partial charge in [-0.25, -0.2) is 9.18 Å². The molecule has 0 radical (unpaired) electrons. The number of carbonyl (C=O) groups excluding carboxylic acids is 2. The van der Waals surface area contributed by atoms with E-state index in [2.05, 4.69) is 5.32 Å². The van der Waals surface area contributed by atoms with Gasteiger partial charge in [0.1, 0.15) is 5.82 Å². The molecule has 0 aromatic heterocycles. The van der Waals surface area contributed by atoms with E-state index in [4.69, 9.17) is 16.3 Å². The third-order valence-corrected chi connectivity index (χ3v) is 4.07. The molecule has 0 saturated heterocycles. The molecule has 4 nitrogen and oxygen atoms in total. The van der Waals surface area contributed by atoms with E-state index >= 15 is 0 Å². The van der Waals surface area contributed by atoms with Crippen LogP contribution in [0.15, 0.2) is 18.2 Å². The summed E-state index contributed by atoms with van der Waals surface area (Å²) in [6.45, 7) is 1.51. The van der Waals surface area contributed by atoms with E-state index in [9.17, 15) is 14.0 Å². The van der Waals surface area contributed by atoms with Crippen LogP contribution in [0.5, 0.6) is 0 Å². The van der Waals surface area contributed by atoms with Gasteiger partial charge < -0.3 is 10.1 Å². The maximum absolute atomic E-state index is 13.0. The van der Waals surface area contributed by atoms with Crippen LogP contribution in [0.2, 0.25) is 5.02 Å². The topological polar surface area (TPSA) is 55.4 Å². The van der Waals surface area contributed by atoms with Gasteiger partial charge in [-0.15, -0.1) is 0 Å². The summed E-state index contributed by atoms with van der Waals surface area (Å²) in [5.41, 5.74) is 0.0420. The lowest BCUT2D eigenvalue weighted by atomic mass is 9.95. The zero-order valence-corrected chi connectivity index (χ0v) is 13.2. The summed E-state index contributed by atoms with van der Waals surface area (Å²) >= 11 is 5.80. The molecule has 1 aromatic rings. The molecule has 1 amide bonds. The fraction of sp³-hybridized carbons (Fsp3) is 0.500. The third-order valence-electron chi connectivity index (χ3n) is 3.76. The maximum atomic E-state index is 13.0. The fourth-order valence-electron chi connectivity index (χ4n) is 2.50. The van der Waals surface area contributed by atoms with Crippen LogP contribution in [0, 0.1) is 5.82 Å². The molecule has 1 aliphatic rings. The molecule has 2 rings (SSSR count). The van der Waals surface area contributed by atoms with Gasteiger partial charge in [-0.3, -0.25) is 4.79 Å². The minimum atomic E-state index is -0.921. The van der Waals surface area contributed by atoms with Crippen molar-refractivity contribution < 1.29 is 18.7 Å². The Bertz CT molecular complexity index is 558. The lowest BCUT2D eigenvalue weighted by Gasteiger charge is -2.24. The molecule has 0 unspecified atom stereocenters. The Balaban J connectivity index is 1.91. The molecule has 1 aliphatic carbocycles. The molecule has 0 spiro atoms. The second-order valence-corrected chi connectivity index (χ2v) is 5.92. The molecule has 0 aliphatic heterocycles. The molecule has 1 saturated carbocycles. The first kappa shape index (κ1) is 16.7. The number of hydrogen-bond donors (Lipinski definition) is 1. The van der Waals surface area contributed by atoms with Crippen molar-refractivity contribution in [3.63, 3.8) is 0 Å². The van der Waals surface area contributed by atoms with Crippen LogP contribution in [0.1, 0.15) is 49.4 Å². The highest BCUT2D eigenvalue weighted by atomic mass is 35.5. The molecular weight excluding hydrogens is 309 g/mol. The van der Waals surface area contributed by atoms with Gasteiger partial charge in [0.15, 0.2) is 6.10 Å². The summed E-state index contributed by atoms with van der Waals surface area (Å²) in [5, 5.41) is 2.85. The lowest BCUT2D eigenvalue weighted by Crippen LogP contribution is -2.42. The predicted molar refractivity (Wildman–Crippen MR) is 81.3 cm³/mol. The fourth-order valence-corrected chi connectivity index (χ4v) is 2.74. The van der Waals surface area contributed by atoms with Gasteiger partial charge in [-0.05, 0) is 38.0 Å². The number of amides is 1. The van der Waals surface area contributed by atoms with E-state index in [1.54, 1.807) is 0 Å². The first-order chi connectivity index (χ1) is 10.5. The first-order valence-electron chi connectivity index (χ1n) is 7.44. The maximum Gasteiger partial charge on any atom is 0.340 e. The number of nitrogens with one attached hydrogen (secondary N) is 1. The Hall–Kier alpha value is -1.62. The summed E-state index contributed by atoms with van der Waals surface area (Å²) in [7, 11) is 0. The molecule has 1 atom stereocenters. The van der Waals surface area contributed by atoms with E-state index in [0.717, 1.165) is 37.8 Å². The van der Waals surface area contributed by atoms with Gasteiger partial charge in [0, 0.05) is 6.04 Å². The quantitative estimate of drug-likeness (QED) is 0.861. The van der Waals surface area contributed by atoms with Gasteiger partial charge in [0.2, 0.25) is 0 Å². The van der Waals surface area contributed by atoms with E-state index in [1.165, 1.54) is 19.4 Å². The van der Waals surface area contributed by atoms with Crippen LogP contribution in [-0.4, -0.2) is 24.0 Å². The number of ether oxygens (including phenoxy) is 1. The van der Waals surface area contributed by atoms with Crippen LogP contribution >= 0.6 is 11.6 Å².